The maximum atomic E-state index is 12.6. The van der Waals surface area contributed by atoms with Crippen molar-refractivity contribution in [3.63, 3.8) is 0 Å². The Labute approximate surface area is 161 Å². The van der Waals surface area contributed by atoms with Crippen molar-refractivity contribution in [3.8, 4) is 5.82 Å². The maximum Gasteiger partial charge on any atom is 0.306 e. The van der Waals surface area contributed by atoms with E-state index in [0.29, 0.717) is 46.9 Å². The number of nitrogens with one attached hydrogen (secondary N) is 1. The van der Waals surface area contributed by atoms with Crippen molar-refractivity contribution in [1.82, 2.24) is 14.9 Å². The number of amides is 1. The highest BCUT2D eigenvalue weighted by molar-refractivity contribution is 6.35. The molecule has 0 atom stereocenters. The van der Waals surface area contributed by atoms with Gasteiger partial charge in [-0.25, -0.2) is 4.98 Å². The minimum Gasteiger partial charge on any atom is -0.481 e. The highest BCUT2D eigenvalue weighted by atomic mass is 35.5. The lowest BCUT2D eigenvalue weighted by molar-refractivity contribution is -0.143. The van der Waals surface area contributed by atoms with Crippen molar-refractivity contribution in [2.75, 3.05) is 6.54 Å². The number of hydrogen-bond acceptors (Lipinski definition) is 3. The molecular formula is C18H19Cl2N3O3. The molecule has 0 unspecified atom stereocenters. The first-order chi connectivity index (χ1) is 12.5. The molecule has 2 aromatic rings. The molecule has 2 N–H and O–H groups in total. The van der Waals surface area contributed by atoms with Crippen LogP contribution in [0.3, 0.4) is 0 Å². The zero-order valence-corrected chi connectivity index (χ0v) is 15.5. The van der Waals surface area contributed by atoms with E-state index in [9.17, 15) is 9.59 Å². The second-order valence-corrected chi connectivity index (χ2v) is 7.33. The second kappa shape index (κ2) is 8.10. The van der Waals surface area contributed by atoms with E-state index < -0.39 is 5.97 Å². The van der Waals surface area contributed by atoms with Crippen molar-refractivity contribution in [2.45, 2.75) is 25.7 Å². The average molecular weight is 396 g/mol. The van der Waals surface area contributed by atoms with Gasteiger partial charge in [-0.3, -0.25) is 14.2 Å². The lowest BCUT2D eigenvalue weighted by Crippen LogP contribution is -2.33. The topological polar surface area (TPSA) is 84.2 Å². The molecule has 26 heavy (non-hydrogen) atoms. The summed E-state index contributed by atoms with van der Waals surface area (Å²) in [6, 6.07) is 5.02. The van der Waals surface area contributed by atoms with Crippen molar-refractivity contribution in [2.24, 2.45) is 11.8 Å². The number of hydrogen-bond donors (Lipinski definition) is 2. The molecule has 1 fully saturated rings. The molecule has 0 aliphatic heterocycles. The van der Waals surface area contributed by atoms with Gasteiger partial charge in [0, 0.05) is 18.9 Å². The summed E-state index contributed by atoms with van der Waals surface area (Å²) in [5.74, 6) is -0.457. The normalized spacial score (nSPS) is 19.9. The summed E-state index contributed by atoms with van der Waals surface area (Å²) < 4.78 is 1.62. The van der Waals surface area contributed by atoms with E-state index in [2.05, 4.69) is 10.3 Å². The Bertz CT molecular complexity index is 814. The molecule has 1 aliphatic carbocycles. The third kappa shape index (κ3) is 4.19. The molecule has 0 saturated heterocycles. The molecular weight excluding hydrogens is 377 g/mol. The Morgan fingerprint density at radius 1 is 1.27 bits per heavy atom. The predicted octanol–water partition coefficient (Wildman–Crippen LogP) is 3.80. The first-order valence-corrected chi connectivity index (χ1v) is 9.21. The minimum atomic E-state index is -0.724. The van der Waals surface area contributed by atoms with Gasteiger partial charge in [-0.2, -0.15) is 0 Å². The van der Waals surface area contributed by atoms with Crippen LogP contribution in [0.15, 0.2) is 30.6 Å². The van der Waals surface area contributed by atoms with Crippen LogP contribution in [0, 0.1) is 11.8 Å². The van der Waals surface area contributed by atoms with E-state index >= 15 is 0 Å². The number of aliphatic carboxylic acids is 1. The van der Waals surface area contributed by atoms with Crippen LogP contribution in [0.5, 0.6) is 0 Å². The summed E-state index contributed by atoms with van der Waals surface area (Å²) in [6.07, 6.45) is 6.14. The van der Waals surface area contributed by atoms with Gasteiger partial charge in [-0.1, -0.05) is 23.2 Å². The number of carbonyl (C=O) groups excluding carboxylic acids is 1. The number of carboxylic acids is 1. The van der Waals surface area contributed by atoms with Crippen molar-refractivity contribution < 1.29 is 14.7 Å². The molecule has 0 spiro atoms. The Kier molecular flexibility index (Phi) is 5.84. The first kappa shape index (κ1) is 18.7. The minimum absolute atomic E-state index is 0.219. The monoisotopic (exact) mass is 395 g/mol. The summed E-state index contributed by atoms with van der Waals surface area (Å²) in [5.41, 5.74) is 0.431. The molecule has 1 amide bonds. The molecule has 2 heterocycles. The molecule has 138 valence electrons. The fourth-order valence-corrected chi connectivity index (χ4v) is 3.75. The molecule has 8 heteroatoms. The van der Waals surface area contributed by atoms with Crippen molar-refractivity contribution in [1.29, 1.82) is 0 Å². The molecule has 2 aromatic heterocycles. The summed E-state index contributed by atoms with van der Waals surface area (Å²) in [6.45, 7) is 0.526. The van der Waals surface area contributed by atoms with E-state index in [1.165, 1.54) is 6.20 Å². The largest absolute Gasteiger partial charge is 0.481 e. The van der Waals surface area contributed by atoms with Crippen LogP contribution < -0.4 is 5.32 Å². The average Bonchev–Trinajstić information content (AvgIpc) is 3.09. The molecule has 1 aliphatic rings. The third-order valence-corrected chi connectivity index (χ3v) is 5.23. The van der Waals surface area contributed by atoms with E-state index in [0.717, 1.165) is 12.8 Å². The molecule has 3 rings (SSSR count). The van der Waals surface area contributed by atoms with Gasteiger partial charge in [0.05, 0.1) is 16.0 Å². The van der Waals surface area contributed by atoms with Gasteiger partial charge < -0.3 is 10.4 Å². The van der Waals surface area contributed by atoms with Gasteiger partial charge in [0.15, 0.2) is 5.82 Å². The molecule has 1 saturated carbocycles. The van der Waals surface area contributed by atoms with Gasteiger partial charge in [0.25, 0.3) is 5.91 Å². The summed E-state index contributed by atoms with van der Waals surface area (Å²) in [4.78, 5) is 27.8. The lowest BCUT2D eigenvalue weighted by atomic mass is 9.82. The van der Waals surface area contributed by atoms with Gasteiger partial charge in [-0.15, -0.1) is 0 Å². The Morgan fingerprint density at radius 3 is 2.65 bits per heavy atom. The smallest absolute Gasteiger partial charge is 0.306 e. The lowest BCUT2D eigenvalue weighted by Gasteiger charge is -2.26. The number of rotatable bonds is 5. The quantitative estimate of drug-likeness (QED) is 0.805. The van der Waals surface area contributed by atoms with E-state index in [-0.39, 0.29) is 11.8 Å². The molecule has 0 radical (unpaired) electrons. The van der Waals surface area contributed by atoms with Crippen LogP contribution in [-0.2, 0) is 4.79 Å². The van der Waals surface area contributed by atoms with Gasteiger partial charge >= 0.3 is 5.97 Å². The Balaban J connectivity index is 1.63. The Hall–Kier alpha value is -2.05. The SMILES string of the molecule is O=C(NCC1CCC(C(=O)O)CC1)c1cccn1-c1ncc(Cl)cc1Cl. The zero-order valence-electron chi connectivity index (χ0n) is 14.0. The van der Waals surface area contributed by atoms with Crippen molar-refractivity contribution >= 4 is 35.1 Å². The highest BCUT2D eigenvalue weighted by Gasteiger charge is 2.26. The fraction of sp³-hybridized carbons (Fsp3) is 0.389. The van der Waals surface area contributed by atoms with Crippen LogP contribution in [0.1, 0.15) is 36.2 Å². The number of aromatic nitrogens is 2. The Morgan fingerprint density at radius 2 is 2.00 bits per heavy atom. The number of halogens is 2. The number of pyridine rings is 1. The van der Waals surface area contributed by atoms with E-state index in [1.807, 2.05) is 0 Å². The number of carbonyl (C=O) groups is 2. The van der Waals surface area contributed by atoms with Gasteiger partial charge in [0.1, 0.15) is 5.69 Å². The summed E-state index contributed by atoms with van der Waals surface area (Å²) in [7, 11) is 0. The second-order valence-electron chi connectivity index (χ2n) is 6.49. The number of carboxylic acid groups (broad SMARTS) is 1. The summed E-state index contributed by atoms with van der Waals surface area (Å²) in [5, 5.41) is 12.8. The fourth-order valence-electron chi connectivity index (χ4n) is 3.28. The van der Waals surface area contributed by atoms with Gasteiger partial charge in [0.2, 0.25) is 0 Å². The van der Waals surface area contributed by atoms with Crippen LogP contribution in [0.25, 0.3) is 5.82 Å². The highest BCUT2D eigenvalue weighted by Crippen LogP contribution is 2.28. The van der Waals surface area contributed by atoms with Crippen LogP contribution in [0.2, 0.25) is 10.0 Å². The van der Waals surface area contributed by atoms with Crippen LogP contribution in [-0.4, -0.2) is 33.1 Å². The van der Waals surface area contributed by atoms with Gasteiger partial charge in [-0.05, 0) is 49.8 Å². The molecule has 6 nitrogen and oxygen atoms in total. The van der Waals surface area contributed by atoms with Crippen LogP contribution >= 0.6 is 23.2 Å². The molecule has 0 aromatic carbocycles. The number of nitrogens with zero attached hydrogens (tertiary/aromatic N) is 2. The first-order valence-electron chi connectivity index (χ1n) is 8.45. The zero-order chi connectivity index (χ0) is 18.7. The maximum absolute atomic E-state index is 12.6. The predicted molar refractivity (Wildman–Crippen MR) is 99.0 cm³/mol. The third-order valence-electron chi connectivity index (χ3n) is 4.75. The van der Waals surface area contributed by atoms with E-state index in [1.54, 1.807) is 29.0 Å². The van der Waals surface area contributed by atoms with E-state index in [4.69, 9.17) is 28.3 Å². The standard InChI is InChI=1S/C18H19Cl2N3O3/c19-13-8-14(20)16(21-10-13)23-7-1-2-15(23)17(24)22-9-11-3-5-12(6-4-11)18(25)26/h1-2,7-8,10-12H,3-6,9H2,(H,22,24)(H,25,26). The summed E-state index contributed by atoms with van der Waals surface area (Å²) >= 11 is 12.1. The van der Waals surface area contributed by atoms with Crippen LogP contribution in [0.4, 0.5) is 0 Å². The van der Waals surface area contributed by atoms with Crippen molar-refractivity contribution in [3.05, 3.63) is 46.3 Å². The molecule has 0 bridgehead atoms.